The topological polar surface area (TPSA) is 100 Å². The van der Waals surface area contributed by atoms with Gasteiger partial charge in [0.05, 0.1) is 24.0 Å². The van der Waals surface area contributed by atoms with Crippen molar-refractivity contribution in [3.05, 3.63) is 60.3 Å². The standard InChI is InChI=1S/C21H22N6O2/c1-14-7-16(3-4-17(14)9-22)21-20-8-18(12-27(20)25-13-23-21)19-10-24-26(11-19)5-6-29-15(2)28/h3-4,7-8,10-13H,5-6,9,22H2,1-2H3. The van der Waals surface area contributed by atoms with E-state index in [-0.39, 0.29) is 5.97 Å². The number of aromatic nitrogens is 5. The van der Waals surface area contributed by atoms with Crippen molar-refractivity contribution in [2.75, 3.05) is 6.61 Å². The van der Waals surface area contributed by atoms with Gasteiger partial charge in [0, 0.05) is 42.6 Å². The number of benzene rings is 1. The summed E-state index contributed by atoms with van der Waals surface area (Å²) < 4.78 is 8.54. The predicted molar refractivity (Wildman–Crippen MR) is 109 cm³/mol. The third-order valence-electron chi connectivity index (χ3n) is 4.83. The molecule has 0 atom stereocenters. The smallest absolute Gasteiger partial charge is 0.302 e. The summed E-state index contributed by atoms with van der Waals surface area (Å²) in [6.45, 7) is 4.76. The molecule has 0 spiro atoms. The molecule has 0 saturated carbocycles. The van der Waals surface area contributed by atoms with Crippen LogP contribution in [0, 0.1) is 6.92 Å². The average Bonchev–Trinajstić information content (AvgIpc) is 3.34. The number of nitrogens with zero attached hydrogens (tertiary/aromatic N) is 5. The van der Waals surface area contributed by atoms with Gasteiger partial charge in [-0.3, -0.25) is 9.48 Å². The van der Waals surface area contributed by atoms with Gasteiger partial charge < -0.3 is 10.5 Å². The Morgan fingerprint density at radius 2 is 2.00 bits per heavy atom. The Bertz CT molecular complexity index is 1180. The molecule has 0 bridgehead atoms. The van der Waals surface area contributed by atoms with Gasteiger partial charge in [-0.15, -0.1) is 0 Å². The van der Waals surface area contributed by atoms with Gasteiger partial charge >= 0.3 is 5.97 Å². The molecular weight excluding hydrogens is 368 g/mol. The number of carbonyl (C=O) groups is 1. The van der Waals surface area contributed by atoms with Crippen molar-refractivity contribution in [1.82, 2.24) is 24.4 Å². The van der Waals surface area contributed by atoms with Crippen molar-refractivity contribution in [3.63, 3.8) is 0 Å². The van der Waals surface area contributed by atoms with Crippen LogP contribution in [0.4, 0.5) is 0 Å². The highest BCUT2D eigenvalue weighted by molar-refractivity contribution is 5.81. The number of esters is 1. The van der Waals surface area contributed by atoms with Crippen LogP contribution in [0.5, 0.6) is 0 Å². The summed E-state index contributed by atoms with van der Waals surface area (Å²) in [5.74, 6) is -0.295. The monoisotopic (exact) mass is 390 g/mol. The van der Waals surface area contributed by atoms with Crippen LogP contribution in [0.3, 0.4) is 0 Å². The van der Waals surface area contributed by atoms with Crippen molar-refractivity contribution in [2.45, 2.75) is 26.9 Å². The molecule has 3 heterocycles. The number of nitrogens with two attached hydrogens (primary N) is 1. The molecule has 29 heavy (non-hydrogen) atoms. The van der Waals surface area contributed by atoms with Crippen LogP contribution < -0.4 is 5.73 Å². The lowest BCUT2D eigenvalue weighted by Crippen LogP contribution is -2.08. The van der Waals surface area contributed by atoms with Gasteiger partial charge in [0.15, 0.2) is 0 Å². The zero-order valence-electron chi connectivity index (χ0n) is 16.4. The molecule has 0 fully saturated rings. The Morgan fingerprint density at radius 3 is 2.76 bits per heavy atom. The molecule has 0 amide bonds. The summed E-state index contributed by atoms with van der Waals surface area (Å²) in [4.78, 5) is 15.4. The van der Waals surface area contributed by atoms with Gasteiger partial charge in [-0.2, -0.15) is 10.2 Å². The van der Waals surface area contributed by atoms with Crippen molar-refractivity contribution in [2.24, 2.45) is 5.73 Å². The number of fused-ring (bicyclic) bond motifs is 1. The third-order valence-corrected chi connectivity index (χ3v) is 4.83. The van der Waals surface area contributed by atoms with E-state index in [1.807, 2.05) is 29.0 Å². The van der Waals surface area contributed by atoms with E-state index in [0.717, 1.165) is 39.0 Å². The average molecular weight is 390 g/mol. The minimum absolute atomic E-state index is 0.294. The van der Waals surface area contributed by atoms with Crippen molar-refractivity contribution < 1.29 is 9.53 Å². The van der Waals surface area contributed by atoms with Crippen LogP contribution in [0.15, 0.2) is 49.2 Å². The van der Waals surface area contributed by atoms with Crippen molar-refractivity contribution in [1.29, 1.82) is 0 Å². The minimum Gasteiger partial charge on any atom is -0.464 e. The number of ether oxygens (including phenoxy) is 1. The maximum absolute atomic E-state index is 10.9. The molecule has 8 heteroatoms. The molecule has 8 nitrogen and oxygen atoms in total. The molecule has 0 saturated heterocycles. The molecule has 0 aliphatic carbocycles. The zero-order valence-corrected chi connectivity index (χ0v) is 16.4. The molecule has 0 aliphatic rings. The van der Waals surface area contributed by atoms with Gasteiger partial charge in [-0.05, 0) is 30.2 Å². The van der Waals surface area contributed by atoms with Gasteiger partial charge in [-0.1, -0.05) is 12.1 Å². The van der Waals surface area contributed by atoms with E-state index in [1.165, 1.54) is 6.92 Å². The van der Waals surface area contributed by atoms with Crippen LogP contribution in [0.2, 0.25) is 0 Å². The summed E-state index contributed by atoms with van der Waals surface area (Å²) in [6, 6.07) is 8.23. The molecule has 0 unspecified atom stereocenters. The first-order chi connectivity index (χ1) is 14.0. The van der Waals surface area contributed by atoms with E-state index in [4.69, 9.17) is 10.5 Å². The Labute approximate surface area is 167 Å². The summed E-state index contributed by atoms with van der Waals surface area (Å²) >= 11 is 0. The Hall–Kier alpha value is -3.52. The van der Waals surface area contributed by atoms with E-state index in [2.05, 4.69) is 34.2 Å². The SMILES string of the molecule is CC(=O)OCCn1cc(-c2cc3c(-c4ccc(CN)c(C)c4)ncnn3c2)cn1. The van der Waals surface area contributed by atoms with E-state index in [0.29, 0.717) is 19.7 Å². The highest BCUT2D eigenvalue weighted by Gasteiger charge is 2.12. The van der Waals surface area contributed by atoms with Gasteiger partial charge in [-0.25, -0.2) is 9.50 Å². The zero-order chi connectivity index (χ0) is 20.4. The quantitative estimate of drug-likeness (QED) is 0.508. The largest absolute Gasteiger partial charge is 0.464 e. The van der Waals surface area contributed by atoms with E-state index in [9.17, 15) is 4.79 Å². The molecule has 4 rings (SSSR count). The molecule has 0 radical (unpaired) electrons. The second-order valence-corrected chi connectivity index (χ2v) is 6.84. The second-order valence-electron chi connectivity index (χ2n) is 6.84. The number of rotatable bonds is 6. The fraction of sp³-hybridized carbons (Fsp3) is 0.238. The minimum atomic E-state index is -0.295. The van der Waals surface area contributed by atoms with E-state index < -0.39 is 0 Å². The lowest BCUT2D eigenvalue weighted by atomic mass is 10.0. The number of hydrogen-bond acceptors (Lipinski definition) is 6. The fourth-order valence-electron chi connectivity index (χ4n) is 3.30. The molecule has 2 N–H and O–H groups in total. The summed E-state index contributed by atoms with van der Waals surface area (Å²) in [5.41, 5.74) is 12.8. The highest BCUT2D eigenvalue weighted by atomic mass is 16.5. The van der Waals surface area contributed by atoms with Gasteiger partial charge in [0.2, 0.25) is 0 Å². The molecule has 148 valence electrons. The van der Waals surface area contributed by atoms with Crippen LogP contribution in [-0.2, 0) is 22.6 Å². The molecule has 3 aromatic heterocycles. The molecule has 1 aromatic carbocycles. The van der Waals surface area contributed by atoms with Crippen LogP contribution in [0.1, 0.15) is 18.1 Å². The van der Waals surface area contributed by atoms with Gasteiger partial charge in [0.1, 0.15) is 12.9 Å². The first-order valence-corrected chi connectivity index (χ1v) is 9.34. The summed E-state index contributed by atoms with van der Waals surface area (Å²) in [7, 11) is 0. The van der Waals surface area contributed by atoms with Crippen LogP contribution >= 0.6 is 0 Å². The number of carbonyl (C=O) groups excluding carboxylic acids is 1. The normalized spacial score (nSPS) is 11.1. The first-order valence-electron chi connectivity index (χ1n) is 9.34. The number of hydrogen-bond donors (Lipinski definition) is 1. The van der Waals surface area contributed by atoms with Crippen LogP contribution in [0.25, 0.3) is 27.9 Å². The maximum atomic E-state index is 10.9. The van der Waals surface area contributed by atoms with Gasteiger partial charge in [0.25, 0.3) is 0 Å². The maximum Gasteiger partial charge on any atom is 0.302 e. The fourth-order valence-corrected chi connectivity index (χ4v) is 3.30. The second kappa shape index (κ2) is 7.84. The van der Waals surface area contributed by atoms with Crippen molar-refractivity contribution >= 4 is 11.5 Å². The van der Waals surface area contributed by atoms with E-state index in [1.54, 1.807) is 17.2 Å². The highest BCUT2D eigenvalue weighted by Crippen LogP contribution is 2.28. The lowest BCUT2D eigenvalue weighted by molar-refractivity contribution is -0.141. The van der Waals surface area contributed by atoms with Crippen LogP contribution in [-0.4, -0.2) is 37.0 Å². The Kier molecular flexibility index (Phi) is 5.09. The third kappa shape index (κ3) is 3.88. The first kappa shape index (κ1) is 18.8. The number of aryl methyl sites for hydroxylation is 1. The predicted octanol–water partition coefficient (Wildman–Crippen LogP) is 2.59. The Balaban J connectivity index is 1.65. The van der Waals surface area contributed by atoms with Crippen molar-refractivity contribution in [3.8, 4) is 22.4 Å². The molecular formula is C21H22N6O2. The molecule has 4 aromatic rings. The lowest BCUT2D eigenvalue weighted by Gasteiger charge is -2.07. The van der Waals surface area contributed by atoms with E-state index >= 15 is 0 Å². The summed E-state index contributed by atoms with van der Waals surface area (Å²) in [6.07, 6.45) is 7.22. The summed E-state index contributed by atoms with van der Waals surface area (Å²) in [5, 5.41) is 8.69. The molecule has 0 aliphatic heterocycles. The Morgan fingerprint density at radius 1 is 1.14 bits per heavy atom.